The SMILES string of the molecule is CCN(C(=O)c1ccc(C(=O)OC)cc1)C(C)Cc1ccc(OC)cc1. The Hall–Kier alpha value is -2.82. The topological polar surface area (TPSA) is 55.8 Å². The van der Waals surface area contributed by atoms with Gasteiger partial charge in [-0.25, -0.2) is 4.79 Å². The molecular formula is C21H25NO4. The Kier molecular flexibility index (Phi) is 6.78. The molecule has 0 fully saturated rings. The van der Waals surface area contributed by atoms with E-state index in [1.807, 2.05) is 43.0 Å². The first-order valence-corrected chi connectivity index (χ1v) is 8.62. The van der Waals surface area contributed by atoms with Crippen LogP contribution in [0.2, 0.25) is 0 Å². The first-order valence-electron chi connectivity index (χ1n) is 8.62. The fourth-order valence-electron chi connectivity index (χ4n) is 2.90. The van der Waals surface area contributed by atoms with Gasteiger partial charge in [0, 0.05) is 18.2 Å². The lowest BCUT2D eigenvalue weighted by Crippen LogP contribution is -2.39. The minimum Gasteiger partial charge on any atom is -0.497 e. The summed E-state index contributed by atoms with van der Waals surface area (Å²) in [5, 5.41) is 0. The second-order valence-corrected chi connectivity index (χ2v) is 6.06. The van der Waals surface area contributed by atoms with Crippen molar-refractivity contribution in [2.24, 2.45) is 0 Å². The number of benzene rings is 2. The van der Waals surface area contributed by atoms with Crippen molar-refractivity contribution in [3.05, 3.63) is 65.2 Å². The van der Waals surface area contributed by atoms with Crippen LogP contribution < -0.4 is 4.74 Å². The van der Waals surface area contributed by atoms with Crippen LogP contribution in [-0.2, 0) is 11.2 Å². The number of rotatable bonds is 7. The number of esters is 1. The number of hydrogen-bond acceptors (Lipinski definition) is 4. The quantitative estimate of drug-likeness (QED) is 0.713. The molecule has 0 saturated carbocycles. The summed E-state index contributed by atoms with van der Waals surface area (Å²) in [6.45, 7) is 4.61. The highest BCUT2D eigenvalue weighted by atomic mass is 16.5. The third kappa shape index (κ3) is 4.63. The molecule has 5 heteroatoms. The monoisotopic (exact) mass is 355 g/mol. The minimum absolute atomic E-state index is 0.0428. The standard InChI is InChI=1S/C21H25NO4/c1-5-22(15(2)14-16-6-12-19(25-3)13-7-16)20(23)17-8-10-18(11-9-17)21(24)26-4/h6-13,15H,5,14H2,1-4H3. The molecule has 0 saturated heterocycles. The highest BCUT2D eigenvalue weighted by molar-refractivity contribution is 5.96. The zero-order chi connectivity index (χ0) is 19.1. The van der Waals surface area contributed by atoms with Crippen molar-refractivity contribution in [1.29, 1.82) is 0 Å². The molecule has 2 rings (SSSR count). The van der Waals surface area contributed by atoms with Crippen LogP contribution in [0, 0.1) is 0 Å². The number of carbonyl (C=O) groups is 2. The molecule has 0 bridgehead atoms. The van der Waals surface area contributed by atoms with Gasteiger partial charge in [-0.2, -0.15) is 0 Å². The van der Waals surface area contributed by atoms with Crippen LogP contribution in [0.15, 0.2) is 48.5 Å². The smallest absolute Gasteiger partial charge is 0.337 e. The first kappa shape index (κ1) is 19.5. The molecule has 0 aliphatic carbocycles. The van der Waals surface area contributed by atoms with Crippen LogP contribution in [0.1, 0.15) is 40.1 Å². The van der Waals surface area contributed by atoms with Crippen molar-refractivity contribution in [3.63, 3.8) is 0 Å². The van der Waals surface area contributed by atoms with E-state index in [2.05, 4.69) is 4.74 Å². The molecular weight excluding hydrogens is 330 g/mol. The molecule has 26 heavy (non-hydrogen) atoms. The fraction of sp³-hybridized carbons (Fsp3) is 0.333. The van der Waals surface area contributed by atoms with Crippen LogP contribution in [-0.4, -0.2) is 43.6 Å². The third-order valence-corrected chi connectivity index (χ3v) is 4.38. The second kappa shape index (κ2) is 9.04. The lowest BCUT2D eigenvalue weighted by Gasteiger charge is -2.28. The van der Waals surface area contributed by atoms with Crippen molar-refractivity contribution in [2.75, 3.05) is 20.8 Å². The summed E-state index contributed by atoms with van der Waals surface area (Å²) in [4.78, 5) is 26.2. The van der Waals surface area contributed by atoms with Crippen LogP contribution in [0.4, 0.5) is 0 Å². The van der Waals surface area contributed by atoms with Crippen molar-refractivity contribution < 1.29 is 19.1 Å². The molecule has 2 aromatic carbocycles. The van der Waals surface area contributed by atoms with E-state index < -0.39 is 5.97 Å². The number of ether oxygens (including phenoxy) is 2. The van der Waals surface area contributed by atoms with Gasteiger partial charge in [0.2, 0.25) is 0 Å². The van der Waals surface area contributed by atoms with E-state index in [4.69, 9.17) is 4.74 Å². The Bertz CT molecular complexity index is 738. The molecule has 0 aliphatic rings. The van der Waals surface area contributed by atoms with E-state index in [0.29, 0.717) is 17.7 Å². The summed E-state index contributed by atoms with van der Waals surface area (Å²) in [5.41, 5.74) is 2.13. The van der Waals surface area contributed by atoms with Gasteiger partial charge in [0.1, 0.15) is 5.75 Å². The van der Waals surface area contributed by atoms with Gasteiger partial charge in [-0.05, 0) is 62.2 Å². The van der Waals surface area contributed by atoms with Crippen molar-refractivity contribution >= 4 is 11.9 Å². The second-order valence-electron chi connectivity index (χ2n) is 6.06. The van der Waals surface area contributed by atoms with E-state index >= 15 is 0 Å². The van der Waals surface area contributed by atoms with Gasteiger partial charge in [-0.1, -0.05) is 12.1 Å². The van der Waals surface area contributed by atoms with Crippen molar-refractivity contribution in [3.8, 4) is 5.75 Å². The molecule has 2 aromatic rings. The third-order valence-electron chi connectivity index (χ3n) is 4.38. The largest absolute Gasteiger partial charge is 0.497 e. The summed E-state index contributed by atoms with van der Waals surface area (Å²) in [6, 6.07) is 14.5. The fourth-order valence-corrected chi connectivity index (χ4v) is 2.90. The van der Waals surface area contributed by atoms with E-state index in [0.717, 1.165) is 17.7 Å². The van der Waals surface area contributed by atoms with Gasteiger partial charge in [0.05, 0.1) is 19.8 Å². The van der Waals surface area contributed by atoms with Gasteiger partial charge >= 0.3 is 5.97 Å². The lowest BCUT2D eigenvalue weighted by molar-refractivity contribution is 0.0599. The molecule has 1 unspecified atom stereocenters. The lowest BCUT2D eigenvalue weighted by atomic mass is 10.0. The first-order chi connectivity index (χ1) is 12.5. The summed E-state index contributed by atoms with van der Waals surface area (Å²) < 4.78 is 9.86. The number of carbonyl (C=O) groups excluding carboxylic acids is 2. The molecule has 138 valence electrons. The molecule has 0 aliphatic heterocycles. The van der Waals surface area contributed by atoms with Crippen molar-refractivity contribution in [2.45, 2.75) is 26.3 Å². The van der Waals surface area contributed by atoms with E-state index in [9.17, 15) is 9.59 Å². The molecule has 0 N–H and O–H groups in total. The molecule has 5 nitrogen and oxygen atoms in total. The van der Waals surface area contributed by atoms with Gasteiger partial charge < -0.3 is 14.4 Å². The number of methoxy groups -OCH3 is 2. The van der Waals surface area contributed by atoms with Gasteiger partial charge in [0.25, 0.3) is 5.91 Å². The maximum Gasteiger partial charge on any atom is 0.337 e. The van der Waals surface area contributed by atoms with Gasteiger partial charge in [0.15, 0.2) is 0 Å². The van der Waals surface area contributed by atoms with Crippen LogP contribution >= 0.6 is 0 Å². The number of nitrogens with zero attached hydrogens (tertiary/aromatic N) is 1. The van der Waals surface area contributed by atoms with Crippen LogP contribution in [0.5, 0.6) is 5.75 Å². The summed E-state index contributed by atoms with van der Waals surface area (Å²) >= 11 is 0. The van der Waals surface area contributed by atoms with E-state index in [-0.39, 0.29) is 11.9 Å². The zero-order valence-electron chi connectivity index (χ0n) is 15.7. The Balaban J connectivity index is 2.09. The predicted octanol–water partition coefficient (Wildman–Crippen LogP) is 3.58. The Morgan fingerprint density at radius 2 is 1.54 bits per heavy atom. The van der Waals surface area contributed by atoms with Crippen LogP contribution in [0.3, 0.4) is 0 Å². The maximum absolute atomic E-state index is 12.8. The Labute approximate surface area is 154 Å². The highest BCUT2D eigenvalue weighted by Crippen LogP contribution is 2.17. The highest BCUT2D eigenvalue weighted by Gasteiger charge is 2.20. The predicted molar refractivity (Wildman–Crippen MR) is 101 cm³/mol. The molecule has 0 heterocycles. The molecule has 1 amide bonds. The maximum atomic E-state index is 12.8. The number of amides is 1. The average Bonchev–Trinajstić information content (AvgIpc) is 2.68. The van der Waals surface area contributed by atoms with E-state index in [1.165, 1.54) is 7.11 Å². The summed E-state index contributed by atoms with van der Waals surface area (Å²) in [7, 11) is 2.97. The minimum atomic E-state index is -0.413. The number of hydrogen-bond donors (Lipinski definition) is 0. The van der Waals surface area contributed by atoms with Gasteiger partial charge in [-0.3, -0.25) is 4.79 Å². The van der Waals surface area contributed by atoms with E-state index in [1.54, 1.807) is 31.4 Å². The normalized spacial score (nSPS) is 11.5. The summed E-state index contributed by atoms with van der Waals surface area (Å²) in [6.07, 6.45) is 0.754. The van der Waals surface area contributed by atoms with Crippen LogP contribution in [0.25, 0.3) is 0 Å². The Morgan fingerprint density at radius 3 is 2.04 bits per heavy atom. The number of likely N-dealkylation sites (N-methyl/N-ethyl adjacent to an activating group) is 1. The molecule has 0 spiro atoms. The molecule has 0 aromatic heterocycles. The summed E-state index contributed by atoms with van der Waals surface area (Å²) in [5.74, 6) is 0.352. The molecule has 1 atom stereocenters. The van der Waals surface area contributed by atoms with Gasteiger partial charge in [-0.15, -0.1) is 0 Å². The zero-order valence-corrected chi connectivity index (χ0v) is 15.7. The Morgan fingerprint density at radius 1 is 0.962 bits per heavy atom. The van der Waals surface area contributed by atoms with Crippen molar-refractivity contribution in [1.82, 2.24) is 4.90 Å². The average molecular weight is 355 g/mol. The molecule has 0 radical (unpaired) electrons.